The molecular weight excluding hydrogens is 624 g/mol. The van der Waals surface area contributed by atoms with Gasteiger partial charge in [0.2, 0.25) is 0 Å². The zero-order valence-electron chi connectivity index (χ0n) is 26.0. The number of aromatic hydroxyl groups is 2. The van der Waals surface area contributed by atoms with Gasteiger partial charge in [-0.25, -0.2) is 0 Å². The number of hydrogen-bond donors (Lipinski definition) is 9. The van der Waals surface area contributed by atoms with Crippen LogP contribution in [0.4, 0.5) is 0 Å². The number of methoxy groups -OCH3 is 1. The molecule has 3 aliphatic rings. The predicted octanol–water partition coefficient (Wildman–Crippen LogP) is -0.569. The lowest BCUT2D eigenvalue weighted by Crippen LogP contribution is -2.61. The molecule has 2 aromatic rings. The third-order valence-electron chi connectivity index (χ3n) is 8.50. The van der Waals surface area contributed by atoms with Gasteiger partial charge in [0.1, 0.15) is 77.9 Å². The Morgan fingerprint density at radius 1 is 0.872 bits per heavy atom. The molecule has 0 radical (unpaired) electrons. The molecule has 5 rings (SSSR count). The third kappa shape index (κ3) is 7.21. The van der Waals surface area contributed by atoms with Crippen molar-refractivity contribution < 1.29 is 74.4 Å². The van der Waals surface area contributed by atoms with E-state index in [-0.39, 0.29) is 41.6 Å². The highest BCUT2D eigenvalue weighted by Crippen LogP contribution is 2.52. The first-order valence-corrected chi connectivity index (χ1v) is 15.1. The standard InChI is InChI=1S/C32H42O15/c1-13(2)4-9-16-17(34)10-19(42-3)21-29(16)46-28(14-5-7-15(33)8-6-14)27(41)30(21)47-32-26(40)24(38)23(37)20(45-32)12-44-31-25(39)22(36)18(35)11-43-31/h4-8,10,18,20,22-28,30-41H,9,11-12H2,1-3H3. The number of benzene rings is 2. The van der Waals surface area contributed by atoms with E-state index in [0.29, 0.717) is 11.1 Å². The van der Waals surface area contributed by atoms with E-state index in [1.54, 1.807) is 0 Å². The zero-order chi connectivity index (χ0) is 34.2. The highest BCUT2D eigenvalue weighted by atomic mass is 16.7. The van der Waals surface area contributed by atoms with E-state index in [4.69, 9.17) is 28.4 Å². The molecule has 12 atom stereocenters. The van der Waals surface area contributed by atoms with Gasteiger partial charge in [0.05, 0.1) is 25.9 Å². The lowest BCUT2D eigenvalue weighted by atomic mass is 9.88. The molecule has 0 bridgehead atoms. The minimum Gasteiger partial charge on any atom is -0.508 e. The van der Waals surface area contributed by atoms with Gasteiger partial charge in [0, 0.05) is 11.6 Å². The van der Waals surface area contributed by atoms with Crippen LogP contribution >= 0.6 is 0 Å². The topological polar surface area (TPSA) is 237 Å². The maximum absolute atomic E-state index is 11.7. The minimum atomic E-state index is -1.83. The van der Waals surface area contributed by atoms with Crippen molar-refractivity contribution in [3.63, 3.8) is 0 Å². The monoisotopic (exact) mass is 666 g/mol. The fraction of sp³-hybridized carbons (Fsp3) is 0.562. The van der Waals surface area contributed by atoms with Crippen LogP contribution in [0.25, 0.3) is 0 Å². The maximum Gasteiger partial charge on any atom is 0.187 e. The molecule has 2 aromatic carbocycles. The van der Waals surface area contributed by atoms with Crippen molar-refractivity contribution >= 4 is 0 Å². The molecule has 47 heavy (non-hydrogen) atoms. The first kappa shape index (κ1) is 35.3. The molecule has 0 saturated carbocycles. The first-order chi connectivity index (χ1) is 22.3. The Morgan fingerprint density at radius 3 is 2.21 bits per heavy atom. The van der Waals surface area contributed by atoms with Crippen LogP contribution in [0.3, 0.4) is 0 Å². The third-order valence-corrected chi connectivity index (χ3v) is 8.50. The molecule has 15 heteroatoms. The second-order valence-electron chi connectivity index (χ2n) is 12.1. The molecule has 3 heterocycles. The molecule has 0 aromatic heterocycles. The predicted molar refractivity (Wildman–Crippen MR) is 159 cm³/mol. The number of phenolic OH excluding ortho intramolecular Hbond substituents is 2. The first-order valence-electron chi connectivity index (χ1n) is 15.1. The van der Waals surface area contributed by atoms with Crippen LogP contribution in [0, 0.1) is 0 Å². The Bertz CT molecular complexity index is 1400. The molecule has 0 amide bonds. The summed E-state index contributed by atoms with van der Waals surface area (Å²) in [4.78, 5) is 0. The van der Waals surface area contributed by atoms with Crippen LogP contribution in [0.2, 0.25) is 0 Å². The number of fused-ring (bicyclic) bond motifs is 1. The van der Waals surface area contributed by atoms with E-state index in [1.807, 2.05) is 19.9 Å². The van der Waals surface area contributed by atoms with Crippen molar-refractivity contribution in [2.45, 2.75) is 93.9 Å². The van der Waals surface area contributed by atoms with Gasteiger partial charge >= 0.3 is 0 Å². The summed E-state index contributed by atoms with van der Waals surface area (Å²) in [6.07, 6.45) is -16.2. The van der Waals surface area contributed by atoms with Crippen molar-refractivity contribution in [2.75, 3.05) is 20.3 Å². The molecule has 0 aliphatic carbocycles. The summed E-state index contributed by atoms with van der Waals surface area (Å²) in [5.74, 6) is 0.0589. The van der Waals surface area contributed by atoms with Gasteiger partial charge in [-0.3, -0.25) is 0 Å². The molecule has 9 N–H and O–H groups in total. The Labute approximate surface area is 270 Å². The average molecular weight is 667 g/mol. The van der Waals surface area contributed by atoms with Crippen LogP contribution in [0.5, 0.6) is 23.0 Å². The summed E-state index contributed by atoms with van der Waals surface area (Å²) in [5, 5.41) is 94.9. The van der Waals surface area contributed by atoms with Gasteiger partial charge in [-0.2, -0.15) is 0 Å². The quantitative estimate of drug-likeness (QED) is 0.152. The minimum absolute atomic E-state index is 0.0211. The molecule has 2 fully saturated rings. The van der Waals surface area contributed by atoms with Crippen molar-refractivity contribution in [2.24, 2.45) is 0 Å². The molecular formula is C32H42O15. The van der Waals surface area contributed by atoms with Gasteiger partial charge in [-0.15, -0.1) is 0 Å². The smallest absolute Gasteiger partial charge is 0.187 e. The summed E-state index contributed by atoms with van der Waals surface area (Å²) in [7, 11) is 1.34. The van der Waals surface area contributed by atoms with Crippen LogP contribution < -0.4 is 9.47 Å². The lowest BCUT2D eigenvalue weighted by Gasteiger charge is -2.44. The average Bonchev–Trinajstić information content (AvgIpc) is 3.04. The molecule has 260 valence electrons. The second-order valence-corrected chi connectivity index (χ2v) is 12.1. The summed E-state index contributed by atoms with van der Waals surface area (Å²) in [5.41, 5.74) is 1.94. The van der Waals surface area contributed by atoms with Gasteiger partial charge in [0.25, 0.3) is 0 Å². The number of aliphatic hydroxyl groups excluding tert-OH is 7. The highest BCUT2D eigenvalue weighted by molar-refractivity contribution is 5.60. The molecule has 0 spiro atoms. The van der Waals surface area contributed by atoms with Gasteiger partial charge in [-0.1, -0.05) is 23.8 Å². The zero-order valence-corrected chi connectivity index (χ0v) is 26.0. The van der Waals surface area contributed by atoms with E-state index < -0.39 is 80.2 Å². The number of rotatable bonds is 9. The van der Waals surface area contributed by atoms with Crippen LogP contribution in [0.1, 0.15) is 42.7 Å². The second kappa shape index (κ2) is 14.6. The van der Waals surface area contributed by atoms with E-state index in [1.165, 1.54) is 37.4 Å². The van der Waals surface area contributed by atoms with E-state index in [2.05, 4.69) is 0 Å². The van der Waals surface area contributed by atoms with Crippen LogP contribution in [0.15, 0.2) is 42.0 Å². The summed E-state index contributed by atoms with van der Waals surface area (Å²) < 4.78 is 34.6. The summed E-state index contributed by atoms with van der Waals surface area (Å²) in [6, 6.07) is 7.24. The Hall–Kier alpha value is -3.06. The highest BCUT2D eigenvalue weighted by Gasteiger charge is 2.50. The largest absolute Gasteiger partial charge is 0.508 e. The van der Waals surface area contributed by atoms with Gasteiger partial charge in [-0.05, 0) is 38.0 Å². The number of ether oxygens (including phenoxy) is 6. The lowest BCUT2D eigenvalue weighted by molar-refractivity contribution is -0.335. The van der Waals surface area contributed by atoms with E-state index >= 15 is 0 Å². The molecule has 2 saturated heterocycles. The van der Waals surface area contributed by atoms with Gasteiger partial charge in [0.15, 0.2) is 18.7 Å². The van der Waals surface area contributed by atoms with Gasteiger partial charge < -0.3 is 74.4 Å². The molecule has 15 nitrogen and oxygen atoms in total. The number of phenols is 2. The van der Waals surface area contributed by atoms with Crippen molar-refractivity contribution in [3.05, 3.63) is 58.7 Å². The Balaban J connectivity index is 1.48. The van der Waals surface area contributed by atoms with E-state index in [0.717, 1.165) is 5.57 Å². The molecule has 3 aliphatic heterocycles. The fourth-order valence-corrected chi connectivity index (χ4v) is 5.79. The van der Waals surface area contributed by atoms with Crippen molar-refractivity contribution in [3.8, 4) is 23.0 Å². The normalized spacial score (nSPS) is 35.4. The SMILES string of the molecule is COc1cc(O)c(CC=C(C)C)c2c1C(OC1OC(COC3OCC(O)C(O)C3O)C(O)C(O)C1O)C(O)C(c1ccc(O)cc1)O2. The number of aliphatic hydroxyl groups is 7. The number of allylic oxidation sites excluding steroid dienone is 2. The maximum atomic E-state index is 11.7. The van der Waals surface area contributed by atoms with Crippen LogP contribution in [-0.4, -0.2) is 128 Å². The number of hydrogen-bond acceptors (Lipinski definition) is 15. The Morgan fingerprint density at radius 2 is 1.55 bits per heavy atom. The van der Waals surface area contributed by atoms with Crippen molar-refractivity contribution in [1.82, 2.24) is 0 Å². The summed E-state index contributed by atoms with van der Waals surface area (Å²) >= 11 is 0. The van der Waals surface area contributed by atoms with Crippen LogP contribution in [-0.2, 0) is 25.4 Å². The van der Waals surface area contributed by atoms with Crippen molar-refractivity contribution in [1.29, 1.82) is 0 Å². The Kier molecular flexibility index (Phi) is 10.9. The molecule has 12 unspecified atom stereocenters. The summed E-state index contributed by atoms with van der Waals surface area (Å²) in [6.45, 7) is 2.93. The van der Waals surface area contributed by atoms with E-state index in [9.17, 15) is 46.0 Å². The fourth-order valence-electron chi connectivity index (χ4n) is 5.79.